The van der Waals surface area contributed by atoms with Crippen molar-refractivity contribution in [1.82, 2.24) is 0 Å². The van der Waals surface area contributed by atoms with E-state index in [0.29, 0.717) is 40.5 Å². The molecule has 0 bridgehead atoms. The number of methoxy groups -OCH3 is 1. The summed E-state index contributed by atoms with van der Waals surface area (Å²) < 4.78 is 22.0. The minimum absolute atomic E-state index is 0.194. The first-order chi connectivity index (χ1) is 15.1. The van der Waals surface area contributed by atoms with Crippen molar-refractivity contribution in [2.75, 3.05) is 13.7 Å². The van der Waals surface area contributed by atoms with E-state index in [0.717, 1.165) is 0 Å². The van der Waals surface area contributed by atoms with Crippen LogP contribution in [0.25, 0.3) is 6.08 Å². The van der Waals surface area contributed by atoms with Crippen molar-refractivity contribution in [3.63, 3.8) is 0 Å². The van der Waals surface area contributed by atoms with Gasteiger partial charge in [-0.3, -0.25) is 4.79 Å². The number of carbonyl (C=O) groups excluding carboxylic acids is 2. The molecule has 6 nitrogen and oxygen atoms in total. The number of hydrogen-bond acceptors (Lipinski definition) is 6. The topological polar surface area (TPSA) is 71.1 Å². The van der Waals surface area contributed by atoms with E-state index in [1.807, 2.05) is 13.0 Å². The molecular formula is C25H20O6. The number of benzene rings is 3. The Morgan fingerprint density at radius 1 is 1.00 bits per heavy atom. The third-order valence-electron chi connectivity index (χ3n) is 4.65. The van der Waals surface area contributed by atoms with Gasteiger partial charge in [-0.05, 0) is 55.0 Å². The summed E-state index contributed by atoms with van der Waals surface area (Å²) in [6.45, 7) is 2.41. The van der Waals surface area contributed by atoms with Crippen molar-refractivity contribution in [3.8, 4) is 23.0 Å². The maximum atomic E-state index is 12.7. The first-order valence-electron chi connectivity index (χ1n) is 9.75. The molecule has 1 aliphatic heterocycles. The third-order valence-corrected chi connectivity index (χ3v) is 4.65. The number of ketones is 1. The normalized spacial score (nSPS) is 13.5. The molecule has 0 unspecified atom stereocenters. The predicted octanol–water partition coefficient (Wildman–Crippen LogP) is 4.93. The van der Waals surface area contributed by atoms with E-state index in [1.165, 1.54) is 7.11 Å². The van der Waals surface area contributed by atoms with Crippen LogP contribution in [0.15, 0.2) is 72.5 Å². The standard InChI is InChI=1S/C25H20O6/c1-3-29-18-10-11-19-21(15-18)30-23(24(19)26)14-16-9-12-20(22(13-16)28-2)31-25(27)17-7-5-4-6-8-17/h4-15H,3H2,1-2H3/b23-14-. The first-order valence-corrected chi connectivity index (χ1v) is 9.75. The van der Waals surface area contributed by atoms with Crippen LogP contribution in [0.2, 0.25) is 0 Å². The summed E-state index contributed by atoms with van der Waals surface area (Å²) in [7, 11) is 1.48. The molecule has 0 saturated heterocycles. The Morgan fingerprint density at radius 3 is 2.55 bits per heavy atom. The van der Waals surface area contributed by atoms with Crippen molar-refractivity contribution in [2.45, 2.75) is 6.92 Å². The van der Waals surface area contributed by atoms with Gasteiger partial charge in [0.15, 0.2) is 17.3 Å². The number of rotatable bonds is 6. The molecule has 0 atom stereocenters. The van der Waals surface area contributed by atoms with Crippen molar-refractivity contribution >= 4 is 17.8 Å². The minimum Gasteiger partial charge on any atom is -0.494 e. The summed E-state index contributed by atoms with van der Waals surface area (Å²) in [5.74, 6) is 1.24. The lowest BCUT2D eigenvalue weighted by molar-refractivity contribution is 0.0729. The van der Waals surface area contributed by atoms with Gasteiger partial charge in [-0.15, -0.1) is 0 Å². The van der Waals surface area contributed by atoms with E-state index in [1.54, 1.807) is 66.7 Å². The Morgan fingerprint density at radius 2 is 1.81 bits per heavy atom. The van der Waals surface area contributed by atoms with Gasteiger partial charge < -0.3 is 18.9 Å². The van der Waals surface area contributed by atoms with Crippen LogP contribution < -0.4 is 18.9 Å². The molecule has 0 radical (unpaired) electrons. The van der Waals surface area contributed by atoms with E-state index in [-0.39, 0.29) is 17.3 Å². The zero-order chi connectivity index (χ0) is 21.8. The highest BCUT2D eigenvalue weighted by Crippen LogP contribution is 2.36. The van der Waals surface area contributed by atoms with Crippen LogP contribution >= 0.6 is 0 Å². The fourth-order valence-corrected chi connectivity index (χ4v) is 3.17. The highest BCUT2D eigenvalue weighted by atomic mass is 16.6. The zero-order valence-electron chi connectivity index (χ0n) is 17.1. The van der Waals surface area contributed by atoms with E-state index < -0.39 is 5.97 Å². The van der Waals surface area contributed by atoms with Crippen LogP contribution in [-0.4, -0.2) is 25.5 Å². The summed E-state index contributed by atoms with van der Waals surface area (Å²) in [5.41, 5.74) is 1.58. The average Bonchev–Trinajstić information content (AvgIpc) is 3.10. The number of hydrogen-bond donors (Lipinski definition) is 0. The van der Waals surface area contributed by atoms with Crippen molar-refractivity contribution < 1.29 is 28.5 Å². The van der Waals surface area contributed by atoms with Gasteiger partial charge in [0, 0.05) is 6.07 Å². The van der Waals surface area contributed by atoms with Gasteiger partial charge in [0.25, 0.3) is 0 Å². The highest BCUT2D eigenvalue weighted by Gasteiger charge is 2.28. The second kappa shape index (κ2) is 8.75. The van der Waals surface area contributed by atoms with Gasteiger partial charge in [0.05, 0.1) is 24.8 Å². The monoisotopic (exact) mass is 416 g/mol. The predicted molar refractivity (Wildman–Crippen MR) is 115 cm³/mol. The molecule has 4 rings (SSSR count). The summed E-state index contributed by atoms with van der Waals surface area (Å²) in [5, 5.41) is 0. The summed E-state index contributed by atoms with van der Waals surface area (Å²) >= 11 is 0. The zero-order valence-corrected chi connectivity index (χ0v) is 17.1. The van der Waals surface area contributed by atoms with Crippen LogP contribution in [0, 0.1) is 0 Å². The largest absolute Gasteiger partial charge is 0.494 e. The van der Waals surface area contributed by atoms with Crippen LogP contribution in [0.1, 0.15) is 33.2 Å². The number of esters is 1. The second-order valence-electron chi connectivity index (χ2n) is 6.70. The van der Waals surface area contributed by atoms with E-state index in [2.05, 4.69) is 0 Å². The minimum atomic E-state index is -0.486. The molecule has 0 spiro atoms. The molecule has 6 heteroatoms. The molecule has 1 aliphatic rings. The van der Waals surface area contributed by atoms with Crippen LogP contribution in [-0.2, 0) is 0 Å². The molecule has 156 valence electrons. The van der Waals surface area contributed by atoms with Gasteiger partial charge in [-0.2, -0.15) is 0 Å². The summed E-state index contributed by atoms with van der Waals surface area (Å²) in [6.07, 6.45) is 1.62. The van der Waals surface area contributed by atoms with Crippen LogP contribution in [0.5, 0.6) is 23.0 Å². The maximum absolute atomic E-state index is 12.7. The van der Waals surface area contributed by atoms with Gasteiger partial charge >= 0.3 is 5.97 Å². The van der Waals surface area contributed by atoms with Gasteiger partial charge in [0.1, 0.15) is 11.5 Å². The Kier molecular flexibility index (Phi) is 5.71. The quantitative estimate of drug-likeness (QED) is 0.322. The summed E-state index contributed by atoms with van der Waals surface area (Å²) in [6, 6.07) is 18.8. The smallest absolute Gasteiger partial charge is 0.343 e. The fourth-order valence-electron chi connectivity index (χ4n) is 3.17. The van der Waals surface area contributed by atoms with Crippen molar-refractivity contribution in [1.29, 1.82) is 0 Å². The van der Waals surface area contributed by atoms with E-state index >= 15 is 0 Å². The van der Waals surface area contributed by atoms with E-state index in [9.17, 15) is 9.59 Å². The molecular weight excluding hydrogens is 396 g/mol. The fraction of sp³-hybridized carbons (Fsp3) is 0.120. The summed E-state index contributed by atoms with van der Waals surface area (Å²) in [4.78, 5) is 25.0. The number of carbonyl (C=O) groups is 2. The Labute approximate surface area is 179 Å². The number of Topliss-reactive ketones (excluding diaryl/α,β-unsaturated/α-hetero) is 1. The molecule has 0 amide bonds. The lowest BCUT2D eigenvalue weighted by Gasteiger charge is -2.10. The highest BCUT2D eigenvalue weighted by molar-refractivity contribution is 6.14. The first kappa shape index (κ1) is 20.2. The average molecular weight is 416 g/mol. The molecule has 0 fully saturated rings. The Bertz CT molecular complexity index is 1160. The molecule has 3 aromatic rings. The second-order valence-corrected chi connectivity index (χ2v) is 6.70. The van der Waals surface area contributed by atoms with Crippen LogP contribution in [0.3, 0.4) is 0 Å². The Hall–Kier alpha value is -4.06. The number of ether oxygens (including phenoxy) is 4. The molecule has 3 aromatic carbocycles. The van der Waals surface area contributed by atoms with Gasteiger partial charge in [-0.1, -0.05) is 24.3 Å². The van der Waals surface area contributed by atoms with Crippen molar-refractivity contribution in [3.05, 3.63) is 89.2 Å². The molecule has 1 heterocycles. The SMILES string of the molecule is CCOc1ccc2c(c1)O/C(=C\c1ccc(OC(=O)c3ccccc3)c(OC)c1)C2=O. The van der Waals surface area contributed by atoms with E-state index in [4.69, 9.17) is 18.9 Å². The Balaban J connectivity index is 1.56. The molecule has 0 saturated carbocycles. The molecule has 0 aromatic heterocycles. The number of fused-ring (bicyclic) bond motifs is 1. The lowest BCUT2D eigenvalue weighted by Crippen LogP contribution is -2.09. The van der Waals surface area contributed by atoms with Crippen LogP contribution in [0.4, 0.5) is 0 Å². The lowest BCUT2D eigenvalue weighted by atomic mass is 10.1. The maximum Gasteiger partial charge on any atom is 0.343 e. The van der Waals surface area contributed by atoms with Gasteiger partial charge in [0.2, 0.25) is 5.78 Å². The molecule has 0 aliphatic carbocycles. The number of allylic oxidation sites excluding steroid dienone is 1. The third kappa shape index (κ3) is 4.28. The molecule has 31 heavy (non-hydrogen) atoms. The van der Waals surface area contributed by atoms with Gasteiger partial charge in [-0.25, -0.2) is 4.79 Å². The van der Waals surface area contributed by atoms with Crippen molar-refractivity contribution in [2.24, 2.45) is 0 Å². The molecule has 0 N–H and O–H groups in total.